The van der Waals surface area contributed by atoms with Crippen LogP contribution in [0, 0.1) is 0 Å². The molecule has 0 atom stereocenters. The summed E-state index contributed by atoms with van der Waals surface area (Å²) in [5, 5.41) is 1.19. The van der Waals surface area contributed by atoms with Gasteiger partial charge >= 0.3 is 0 Å². The standard InChI is InChI=1S/C13H7Cl3O/c14-10-4-2-1-3-9(10)13(17)8-5-6-11(15)12(16)7-8/h1-7H. The second kappa shape index (κ2) is 5.09. The summed E-state index contributed by atoms with van der Waals surface area (Å²) in [6.07, 6.45) is 0. The van der Waals surface area contributed by atoms with Crippen LogP contribution in [0.3, 0.4) is 0 Å². The quantitative estimate of drug-likeness (QED) is 0.719. The van der Waals surface area contributed by atoms with Crippen LogP contribution in [0.1, 0.15) is 15.9 Å². The Kier molecular flexibility index (Phi) is 3.72. The van der Waals surface area contributed by atoms with Gasteiger partial charge in [-0.3, -0.25) is 4.79 Å². The monoisotopic (exact) mass is 284 g/mol. The van der Waals surface area contributed by atoms with Crippen LogP contribution in [-0.4, -0.2) is 5.78 Å². The first-order valence-corrected chi connectivity index (χ1v) is 5.97. The van der Waals surface area contributed by atoms with Crippen molar-refractivity contribution in [3.63, 3.8) is 0 Å². The van der Waals surface area contributed by atoms with Gasteiger partial charge in [0.1, 0.15) is 0 Å². The van der Waals surface area contributed by atoms with Crippen molar-refractivity contribution in [2.75, 3.05) is 0 Å². The van der Waals surface area contributed by atoms with Crippen LogP contribution in [0.5, 0.6) is 0 Å². The highest BCUT2D eigenvalue weighted by Gasteiger charge is 2.13. The molecule has 86 valence electrons. The Labute approximate surface area is 114 Å². The second-order valence-electron chi connectivity index (χ2n) is 3.44. The average Bonchev–Trinajstić information content (AvgIpc) is 2.32. The van der Waals surface area contributed by atoms with Gasteiger partial charge in [0.25, 0.3) is 0 Å². The minimum Gasteiger partial charge on any atom is -0.289 e. The molecule has 0 aromatic heterocycles. The molecular formula is C13H7Cl3O. The zero-order valence-corrected chi connectivity index (χ0v) is 10.9. The third kappa shape index (κ3) is 2.63. The van der Waals surface area contributed by atoms with E-state index in [4.69, 9.17) is 34.8 Å². The fourth-order valence-corrected chi connectivity index (χ4v) is 1.96. The molecule has 0 aliphatic carbocycles. The van der Waals surface area contributed by atoms with Crippen LogP contribution in [0.25, 0.3) is 0 Å². The highest BCUT2D eigenvalue weighted by atomic mass is 35.5. The lowest BCUT2D eigenvalue weighted by Crippen LogP contribution is -2.01. The van der Waals surface area contributed by atoms with Gasteiger partial charge in [0.2, 0.25) is 0 Å². The molecule has 2 aromatic rings. The SMILES string of the molecule is O=C(c1ccc(Cl)c(Cl)c1)c1ccccc1Cl. The summed E-state index contributed by atoms with van der Waals surface area (Å²) in [5.41, 5.74) is 0.917. The first-order valence-electron chi connectivity index (χ1n) is 4.84. The number of ketones is 1. The molecule has 0 amide bonds. The lowest BCUT2D eigenvalue weighted by atomic mass is 10.0. The zero-order valence-electron chi connectivity index (χ0n) is 8.58. The van der Waals surface area contributed by atoms with E-state index in [2.05, 4.69) is 0 Å². The molecule has 0 aliphatic rings. The Bertz CT molecular complexity index is 579. The second-order valence-corrected chi connectivity index (χ2v) is 4.66. The van der Waals surface area contributed by atoms with Crippen LogP contribution < -0.4 is 0 Å². The molecule has 0 bridgehead atoms. The number of hydrogen-bond donors (Lipinski definition) is 0. The predicted octanol–water partition coefficient (Wildman–Crippen LogP) is 4.88. The maximum atomic E-state index is 12.1. The molecule has 0 heterocycles. The largest absolute Gasteiger partial charge is 0.289 e. The Balaban J connectivity index is 2.44. The number of carbonyl (C=O) groups is 1. The van der Waals surface area contributed by atoms with Gasteiger partial charge in [-0.2, -0.15) is 0 Å². The topological polar surface area (TPSA) is 17.1 Å². The van der Waals surface area contributed by atoms with Crippen LogP contribution in [0.4, 0.5) is 0 Å². The van der Waals surface area contributed by atoms with Gasteiger partial charge < -0.3 is 0 Å². The highest BCUT2D eigenvalue weighted by molar-refractivity contribution is 6.42. The summed E-state index contributed by atoms with van der Waals surface area (Å²) < 4.78 is 0. The first-order chi connectivity index (χ1) is 8.09. The maximum Gasteiger partial charge on any atom is 0.194 e. The molecule has 0 unspecified atom stereocenters. The Morgan fingerprint density at radius 2 is 1.53 bits per heavy atom. The van der Waals surface area contributed by atoms with Crippen LogP contribution in [0.2, 0.25) is 15.1 Å². The zero-order chi connectivity index (χ0) is 12.4. The van der Waals surface area contributed by atoms with Gasteiger partial charge in [-0.25, -0.2) is 0 Å². The first kappa shape index (κ1) is 12.4. The molecule has 2 aromatic carbocycles. The minimum absolute atomic E-state index is 0.172. The Morgan fingerprint density at radius 3 is 2.18 bits per heavy atom. The molecule has 0 fully saturated rings. The van der Waals surface area contributed by atoms with Crippen LogP contribution >= 0.6 is 34.8 Å². The van der Waals surface area contributed by atoms with Gasteiger partial charge in [-0.05, 0) is 30.3 Å². The molecule has 0 saturated heterocycles. The van der Waals surface area contributed by atoms with E-state index in [1.165, 1.54) is 6.07 Å². The van der Waals surface area contributed by atoms with Gasteiger partial charge in [0.15, 0.2) is 5.78 Å². The summed E-state index contributed by atoms with van der Waals surface area (Å²) in [4.78, 5) is 12.1. The molecule has 0 aliphatic heterocycles. The third-order valence-electron chi connectivity index (χ3n) is 2.30. The maximum absolute atomic E-state index is 12.1. The van der Waals surface area contributed by atoms with Crippen LogP contribution in [-0.2, 0) is 0 Å². The Morgan fingerprint density at radius 1 is 0.824 bits per heavy atom. The summed E-state index contributed by atoms with van der Waals surface area (Å²) >= 11 is 17.6. The molecule has 0 radical (unpaired) electrons. The van der Waals surface area contributed by atoms with Crippen molar-refractivity contribution in [1.82, 2.24) is 0 Å². The van der Waals surface area contributed by atoms with Crippen molar-refractivity contribution in [2.24, 2.45) is 0 Å². The van der Waals surface area contributed by atoms with E-state index >= 15 is 0 Å². The molecule has 1 nitrogen and oxygen atoms in total. The molecule has 0 N–H and O–H groups in total. The van der Waals surface area contributed by atoms with Gasteiger partial charge in [-0.1, -0.05) is 46.9 Å². The van der Waals surface area contributed by atoms with E-state index in [0.717, 1.165) is 0 Å². The van der Waals surface area contributed by atoms with E-state index < -0.39 is 0 Å². The van der Waals surface area contributed by atoms with Crippen molar-refractivity contribution < 1.29 is 4.79 Å². The molecule has 17 heavy (non-hydrogen) atoms. The number of halogens is 3. The lowest BCUT2D eigenvalue weighted by Gasteiger charge is -2.04. The van der Waals surface area contributed by atoms with E-state index in [9.17, 15) is 4.79 Å². The number of benzene rings is 2. The molecule has 0 spiro atoms. The minimum atomic E-state index is -0.172. The van der Waals surface area contributed by atoms with E-state index in [1.54, 1.807) is 36.4 Å². The molecular weight excluding hydrogens is 279 g/mol. The van der Waals surface area contributed by atoms with E-state index in [-0.39, 0.29) is 5.78 Å². The van der Waals surface area contributed by atoms with Gasteiger partial charge in [0, 0.05) is 11.1 Å². The predicted molar refractivity (Wildman–Crippen MR) is 71.3 cm³/mol. The van der Waals surface area contributed by atoms with Crippen LogP contribution in [0.15, 0.2) is 42.5 Å². The molecule has 0 saturated carbocycles. The van der Waals surface area contributed by atoms with Crippen molar-refractivity contribution in [3.8, 4) is 0 Å². The number of rotatable bonds is 2. The summed E-state index contributed by atoms with van der Waals surface area (Å²) in [6, 6.07) is 11.6. The smallest absolute Gasteiger partial charge is 0.194 e. The lowest BCUT2D eigenvalue weighted by molar-refractivity contribution is 0.103. The summed E-state index contributed by atoms with van der Waals surface area (Å²) in [6.45, 7) is 0. The highest BCUT2D eigenvalue weighted by Crippen LogP contribution is 2.25. The normalized spacial score (nSPS) is 10.3. The number of carbonyl (C=O) groups excluding carboxylic acids is 1. The fraction of sp³-hybridized carbons (Fsp3) is 0. The van der Waals surface area contributed by atoms with Gasteiger partial charge in [0.05, 0.1) is 15.1 Å². The fourth-order valence-electron chi connectivity index (χ4n) is 1.44. The van der Waals surface area contributed by atoms with Crippen molar-refractivity contribution in [3.05, 3.63) is 68.7 Å². The molecule has 2 rings (SSSR count). The number of hydrogen-bond acceptors (Lipinski definition) is 1. The van der Waals surface area contributed by atoms with Crippen molar-refractivity contribution in [2.45, 2.75) is 0 Å². The summed E-state index contributed by atoms with van der Waals surface area (Å²) in [5.74, 6) is -0.172. The van der Waals surface area contributed by atoms with E-state index in [1.807, 2.05) is 0 Å². The third-order valence-corrected chi connectivity index (χ3v) is 3.37. The Hall–Kier alpha value is -1.02. The molecule has 4 heteroatoms. The van der Waals surface area contributed by atoms with E-state index in [0.29, 0.717) is 26.2 Å². The van der Waals surface area contributed by atoms with Crippen molar-refractivity contribution in [1.29, 1.82) is 0 Å². The van der Waals surface area contributed by atoms with Crippen molar-refractivity contribution >= 4 is 40.6 Å². The average molecular weight is 286 g/mol. The van der Waals surface area contributed by atoms with Gasteiger partial charge in [-0.15, -0.1) is 0 Å². The summed E-state index contributed by atoms with van der Waals surface area (Å²) in [7, 11) is 0.